The highest BCUT2D eigenvalue weighted by Gasteiger charge is 2.30. The lowest BCUT2D eigenvalue weighted by molar-refractivity contribution is -0.140. The minimum Gasteiger partial charge on any atom is -0.350 e. The molecule has 0 fully saturated rings. The van der Waals surface area contributed by atoms with E-state index >= 15 is 0 Å². The number of nitrogens with zero attached hydrogens (tertiary/aromatic N) is 1. The molecular weight excluding hydrogens is 404 g/mol. The van der Waals surface area contributed by atoms with Crippen molar-refractivity contribution < 1.29 is 9.59 Å². The van der Waals surface area contributed by atoms with Crippen LogP contribution >= 0.6 is 11.8 Å². The van der Waals surface area contributed by atoms with E-state index in [2.05, 4.69) is 30.4 Å². The fraction of sp³-hybridized carbons (Fsp3) is 0.462. The molecule has 0 radical (unpaired) electrons. The molecule has 0 saturated heterocycles. The number of rotatable bonds is 9. The van der Waals surface area contributed by atoms with Crippen LogP contribution in [0.3, 0.4) is 0 Å². The molecule has 2 amide bonds. The maximum absolute atomic E-state index is 13.3. The van der Waals surface area contributed by atoms with Gasteiger partial charge in [0.1, 0.15) is 6.04 Å². The number of thioether (sulfide) groups is 1. The predicted octanol–water partition coefficient (Wildman–Crippen LogP) is 5.26. The predicted molar refractivity (Wildman–Crippen MR) is 131 cm³/mol. The summed E-state index contributed by atoms with van der Waals surface area (Å²) in [5.41, 5.74) is 4.29. The Morgan fingerprint density at radius 1 is 1.00 bits per heavy atom. The molecule has 2 aromatic carbocycles. The van der Waals surface area contributed by atoms with Gasteiger partial charge in [-0.05, 0) is 52.2 Å². The highest BCUT2D eigenvalue weighted by molar-refractivity contribution is 7.99. The van der Waals surface area contributed by atoms with Gasteiger partial charge in [-0.2, -0.15) is 0 Å². The van der Waals surface area contributed by atoms with Crippen LogP contribution in [0, 0.1) is 13.8 Å². The summed E-state index contributed by atoms with van der Waals surface area (Å²) < 4.78 is 0. The Kier molecular flexibility index (Phi) is 9.17. The molecule has 2 aromatic rings. The molecule has 0 bridgehead atoms. The zero-order valence-electron chi connectivity index (χ0n) is 19.7. The van der Waals surface area contributed by atoms with Crippen molar-refractivity contribution in [3.63, 3.8) is 0 Å². The van der Waals surface area contributed by atoms with Crippen LogP contribution in [-0.2, 0) is 21.9 Å². The van der Waals surface area contributed by atoms with Gasteiger partial charge >= 0.3 is 0 Å². The summed E-state index contributed by atoms with van der Waals surface area (Å²) in [7, 11) is 0. The van der Waals surface area contributed by atoms with Crippen molar-refractivity contribution in [2.75, 3.05) is 5.75 Å². The van der Waals surface area contributed by atoms with E-state index in [1.54, 1.807) is 16.7 Å². The first-order valence-corrected chi connectivity index (χ1v) is 12.0. The zero-order valence-corrected chi connectivity index (χ0v) is 20.5. The van der Waals surface area contributed by atoms with E-state index < -0.39 is 6.04 Å². The Balaban J connectivity index is 2.15. The molecule has 0 saturated carbocycles. The van der Waals surface area contributed by atoms with E-state index in [0.29, 0.717) is 18.7 Å². The van der Waals surface area contributed by atoms with E-state index in [1.165, 1.54) is 16.7 Å². The van der Waals surface area contributed by atoms with Crippen molar-refractivity contribution in [1.29, 1.82) is 0 Å². The third-order valence-electron chi connectivity index (χ3n) is 4.93. The van der Waals surface area contributed by atoms with Crippen LogP contribution in [0.5, 0.6) is 0 Å². The standard InChI is InChI=1S/C26H36N2O2S/c1-7-23(25(30)27-26(4,5)6)28(16-21-13-11-19(2)12-14-21)24(29)18-31-17-22-10-8-9-20(3)15-22/h8-15,23H,7,16-18H2,1-6H3,(H,27,30). The topological polar surface area (TPSA) is 49.4 Å². The monoisotopic (exact) mass is 440 g/mol. The Morgan fingerprint density at radius 2 is 1.68 bits per heavy atom. The zero-order chi connectivity index (χ0) is 23.0. The molecule has 0 heterocycles. The molecule has 0 aliphatic rings. The van der Waals surface area contributed by atoms with E-state index in [-0.39, 0.29) is 17.4 Å². The highest BCUT2D eigenvalue weighted by atomic mass is 32.2. The molecule has 1 N–H and O–H groups in total. The molecular formula is C26H36N2O2S. The second-order valence-electron chi connectivity index (χ2n) is 9.15. The van der Waals surface area contributed by atoms with Crippen molar-refractivity contribution >= 4 is 23.6 Å². The van der Waals surface area contributed by atoms with Gasteiger partial charge in [-0.3, -0.25) is 9.59 Å². The normalized spacial score (nSPS) is 12.3. The Labute approximate surface area is 191 Å². The number of aryl methyl sites for hydroxylation is 2. The van der Waals surface area contributed by atoms with Crippen molar-refractivity contribution in [3.05, 3.63) is 70.8 Å². The first-order valence-electron chi connectivity index (χ1n) is 10.9. The van der Waals surface area contributed by atoms with Crippen molar-refractivity contribution in [2.24, 2.45) is 0 Å². The van der Waals surface area contributed by atoms with Gasteiger partial charge in [0, 0.05) is 17.8 Å². The smallest absolute Gasteiger partial charge is 0.243 e. The molecule has 2 rings (SSSR count). The van der Waals surface area contributed by atoms with E-state index in [4.69, 9.17) is 0 Å². The van der Waals surface area contributed by atoms with Crippen LogP contribution in [-0.4, -0.2) is 34.0 Å². The number of benzene rings is 2. The van der Waals surface area contributed by atoms with E-state index in [9.17, 15) is 9.59 Å². The molecule has 31 heavy (non-hydrogen) atoms. The maximum Gasteiger partial charge on any atom is 0.243 e. The summed E-state index contributed by atoms with van der Waals surface area (Å²) in [4.78, 5) is 28.0. The highest BCUT2D eigenvalue weighted by Crippen LogP contribution is 2.18. The largest absolute Gasteiger partial charge is 0.350 e. The van der Waals surface area contributed by atoms with Gasteiger partial charge < -0.3 is 10.2 Å². The number of amides is 2. The van der Waals surface area contributed by atoms with Crippen LogP contribution in [0.4, 0.5) is 0 Å². The van der Waals surface area contributed by atoms with Crippen molar-refractivity contribution in [1.82, 2.24) is 10.2 Å². The van der Waals surface area contributed by atoms with E-state index in [1.807, 2.05) is 65.0 Å². The van der Waals surface area contributed by atoms with Crippen molar-refractivity contribution in [3.8, 4) is 0 Å². The summed E-state index contributed by atoms with van der Waals surface area (Å²) in [5.74, 6) is 1.02. The number of carbonyl (C=O) groups is 2. The Morgan fingerprint density at radius 3 is 2.26 bits per heavy atom. The first kappa shape index (κ1) is 25.0. The summed E-state index contributed by atoms with van der Waals surface area (Å²) in [6, 6.07) is 16.0. The molecule has 4 nitrogen and oxygen atoms in total. The minimum atomic E-state index is -0.493. The fourth-order valence-electron chi connectivity index (χ4n) is 3.40. The molecule has 0 aromatic heterocycles. The summed E-state index contributed by atoms with van der Waals surface area (Å²) in [5, 5.41) is 3.05. The molecule has 0 spiro atoms. The summed E-state index contributed by atoms with van der Waals surface area (Å²) in [6.45, 7) is 12.4. The van der Waals surface area contributed by atoms with Gasteiger partial charge in [-0.1, -0.05) is 66.6 Å². The minimum absolute atomic E-state index is 0.00543. The molecule has 0 aliphatic heterocycles. The summed E-state index contributed by atoms with van der Waals surface area (Å²) in [6.07, 6.45) is 0.571. The van der Waals surface area contributed by atoms with Crippen LogP contribution in [0.2, 0.25) is 0 Å². The molecule has 1 unspecified atom stereocenters. The third kappa shape index (κ3) is 8.41. The lowest BCUT2D eigenvalue weighted by Crippen LogP contribution is -2.53. The van der Waals surface area contributed by atoms with Crippen LogP contribution in [0.15, 0.2) is 48.5 Å². The quantitative estimate of drug-likeness (QED) is 0.579. The Hall–Kier alpha value is -2.27. The van der Waals surface area contributed by atoms with Gasteiger partial charge in [0.25, 0.3) is 0 Å². The second-order valence-corrected chi connectivity index (χ2v) is 10.1. The number of hydrogen-bond acceptors (Lipinski definition) is 3. The van der Waals surface area contributed by atoms with Crippen LogP contribution in [0.1, 0.15) is 56.4 Å². The maximum atomic E-state index is 13.3. The summed E-state index contributed by atoms with van der Waals surface area (Å²) >= 11 is 1.59. The van der Waals surface area contributed by atoms with Gasteiger partial charge in [-0.25, -0.2) is 0 Å². The van der Waals surface area contributed by atoms with Crippen LogP contribution < -0.4 is 5.32 Å². The SMILES string of the molecule is CCC(C(=O)NC(C)(C)C)N(Cc1ccc(C)cc1)C(=O)CSCc1cccc(C)c1. The number of hydrogen-bond donors (Lipinski definition) is 1. The molecule has 0 aliphatic carbocycles. The molecule has 1 atom stereocenters. The van der Waals surface area contributed by atoms with Crippen LogP contribution in [0.25, 0.3) is 0 Å². The van der Waals surface area contributed by atoms with Gasteiger partial charge in [0.05, 0.1) is 5.75 Å². The second kappa shape index (κ2) is 11.4. The van der Waals surface area contributed by atoms with Gasteiger partial charge in [-0.15, -0.1) is 11.8 Å². The van der Waals surface area contributed by atoms with Gasteiger partial charge in [0.2, 0.25) is 11.8 Å². The fourth-order valence-corrected chi connectivity index (χ4v) is 4.26. The number of nitrogens with one attached hydrogen (secondary N) is 1. The van der Waals surface area contributed by atoms with E-state index in [0.717, 1.165) is 11.3 Å². The first-order chi connectivity index (χ1) is 14.6. The lowest BCUT2D eigenvalue weighted by atomic mass is 10.1. The number of carbonyl (C=O) groups excluding carboxylic acids is 2. The van der Waals surface area contributed by atoms with Crippen molar-refractivity contribution in [2.45, 2.75) is 71.8 Å². The average molecular weight is 441 g/mol. The van der Waals surface area contributed by atoms with Gasteiger partial charge in [0.15, 0.2) is 0 Å². The Bertz CT molecular complexity index is 872. The average Bonchev–Trinajstić information content (AvgIpc) is 2.68. The molecule has 5 heteroatoms. The lowest BCUT2D eigenvalue weighted by Gasteiger charge is -2.33. The third-order valence-corrected chi connectivity index (χ3v) is 5.92. The molecule has 168 valence electrons.